The predicted molar refractivity (Wildman–Crippen MR) is 60.7 cm³/mol. The number of nitrogens with zero attached hydrogens (tertiary/aromatic N) is 1. The van der Waals surface area contributed by atoms with Crippen molar-refractivity contribution in [2.24, 2.45) is 0 Å². The van der Waals surface area contributed by atoms with E-state index in [1.165, 1.54) is 6.07 Å². The van der Waals surface area contributed by atoms with Crippen molar-refractivity contribution in [2.45, 2.75) is 6.92 Å². The van der Waals surface area contributed by atoms with Crippen LogP contribution in [0.15, 0.2) is 18.2 Å². The van der Waals surface area contributed by atoms with Crippen LogP contribution in [0, 0.1) is 10.1 Å². The van der Waals surface area contributed by atoms with E-state index in [1.807, 2.05) is 0 Å². The largest absolute Gasteiger partial charge is 0.383 e. The Morgan fingerprint density at radius 3 is 2.69 bits per heavy atom. The molecule has 0 aliphatic heterocycles. The molecule has 0 saturated carbocycles. The van der Waals surface area contributed by atoms with Crippen LogP contribution in [0.5, 0.6) is 0 Å². The van der Waals surface area contributed by atoms with Crippen LogP contribution in [0.3, 0.4) is 0 Å². The van der Waals surface area contributed by atoms with E-state index >= 15 is 0 Å². The molecule has 0 aromatic heterocycles. The second-order valence-electron chi connectivity index (χ2n) is 3.07. The van der Waals surface area contributed by atoms with Crippen molar-refractivity contribution in [1.82, 2.24) is 5.32 Å². The van der Waals surface area contributed by atoms with Crippen molar-refractivity contribution < 1.29 is 9.72 Å². The minimum Gasteiger partial charge on any atom is -0.383 e. The Labute approximate surface area is 92.8 Å². The summed E-state index contributed by atoms with van der Waals surface area (Å²) < 4.78 is 0. The number of amides is 1. The summed E-state index contributed by atoms with van der Waals surface area (Å²) in [6, 6.07) is 4.59. The van der Waals surface area contributed by atoms with Crippen molar-refractivity contribution in [2.75, 3.05) is 18.9 Å². The van der Waals surface area contributed by atoms with Gasteiger partial charge >= 0.3 is 5.69 Å². The van der Waals surface area contributed by atoms with Gasteiger partial charge in [0.05, 0.1) is 4.92 Å². The summed E-state index contributed by atoms with van der Waals surface area (Å²) in [6.45, 7) is 2.19. The highest BCUT2D eigenvalue weighted by atomic mass is 16.6. The molecule has 86 valence electrons. The zero-order chi connectivity index (χ0) is 12.1. The summed E-state index contributed by atoms with van der Waals surface area (Å²) in [7, 11) is 1.57. The molecule has 1 aromatic carbocycles. The van der Waals surface area contributed by atoms with E-state index < -0.39 is 10.8 Å². The van der Waals surface area contributed by atoms with Crippen LogP contribution in [0.25, 0.3) is 0 Å². The number of anilines is 1. The van der Waals surface area contributed by atoms with Crippen LogP contribution in [-0.2, 0) is 0 Å². The van der Waals surface area contributed by atoms with Gasteiger partial charge in [-0.3, -0.25) is 14.9 Å². The molecule has 0 aliphatic carbocycles. The minimum atomic E-state index is -0.559. The maximum absolute atomic E-state index is 11.6. The van der Waals surface area contributed by atoms with E-state index in [1.54, 1.807) is 26.1 Å². The smallest absolute Gasteiger partial charge is 0.305 e. The van der Waals surface area contributed by atoms with Gasteiger partial charge in [0.2, 0.25) is 0 Å². The number of carbonyl (C=O) groups excluding carboxylic acids is 1. The third-order valence-electron chi connectivity index (χ3n) is 2.07. The molecule has 6 nitrogen and oxygen atoms in total. The van der Waals surface area contributed by atoms with E-state index in [-0.39, 0.29) is 11.3 Å². The van der Waals surface area contributed by atoms with Crippen LogP contribution in [0.4, 0.5) is 11.4 Å². The Kier molecular flexibility index (Phi) is 3.82. The Balaban J connectivity index is 3.27. The minimum absolute atomic E-state index is 0.0682. The standard InChI is InChI=1S/C10H13N3O3/c1-3-12-10(14)7-5-4-6-8(11-2)9(7)13(15)16/h4-6,11H,3H2,1-2H3,(H,12,14). The van der Waals surface area contributed by atoms with Crippen molar-refractivity contribution in [3.05, 3.63) is 33.9 Å². The normalized spacial score (nSPS) is 9.62. The third kappa shape index (κ3) is 2.28. The molecule has 0 spiro atoms. The first-order chi connectivity index (χ1) is 7.61. The number of carbonyl (C=O) groups is 1. The SMILES string of the molecule is CCNC(=O)c1cccc(NC)c1[N+](=O)[O-]. The van der Waals surface area contributed by atoms with Crippen LogP contribution in [0.2, 0.25) is 0 Å². The average Bonchev–Trinajstić information content (AvgIpc) is 2.28. The van der Waals surface area contributed by atoms with E-state index in [4.69, 9.17) is 0 Å². The highest BCUT2D eigenvalue weighted by Gasteiger charge is 2.23. The predicted octanol–water partition coefficient (Wildman–Crippen LogP) is 1.39. The summed E-state index contributed by atoms with van der Waals surface area (Å²) in [5.41, 5.74) is 0.198. The number of rotatable bonds is 4. The first kappa shape index (κ1) is 12.0. The number of hydrogen-bond donors (Lipinski definition) is 2. The molecule has 0 atom stereocenters. The number of nitrogens with one attached hydrogen (secondary N) is 2. The van der Waals surface area contributed by atoms with Crippen molar-refractivity contribution in [3.8, 4) is 0 Å². The first-order valence-electron chi connectivity index (χ1n) is 4.85. The van der Waals surface area contributed by atoms with Gasteiger partial charge in [0, 0.05) is 13.6 Å². The Morgan fingerprint density at radius 2 is 2.19 bits per heavy atom. The number of nitro groups is 1. The summed E-state index contributed by atoms with van der Waals surface area (Å²) in [6.07, 6.45) is 0. The quantitative estimate of drug-likeness (QED) is 0.596. The van der Waals surface area contributed by atoms with Gasteiger partial charge in [0.25, 0.3) is 5.91 Å². The molecule has 1 rings (SSSR count). The number of para-hydroxylation sites is 1. The molecular formula is C10H13N3O3. The van der Waals surface area contributed by atoms with Gasteiger partial charge in [0.1, 0.15) is 11.3 Å². The lowest BCUT2D eigenvalue weighted by Gasteiger charge is -2.06. The molecule has 16 heavy (non-hydrogen) atoms. The number of benzene rings is 1. The molecule has 1 amide bonds. The molecule has 1 aromatic rings. The highest BCUT2D eigenvalue weighted by Crippen LogP contribution is 2.27. The Morgan fingerprint density at radius 1 is 1.50 bits per heavy atom. The summed E-state index contributed by atoms with van der Waals surface area (Å²) >= 11 is 0. The second-order valence-corrected chi connectivity index (χ2v) is 3.07. The molecule has 2 N–H and O–H groups in total. The summed E-state index contributed by atoms with van der Waals surface area (Å²) in [4.78, 5) is 21.9. The molecule has 0 fully saturated rings. The van der Waals surface area contributed by atoms with E-state index in [9.17, 15) is 14.9 Å². The maximum atomic E-state index is 11.6. The van der Waals surface area contributed by atoms with Crippen molar-refractivity contribution in [3.63, 3.8) is 0 Å². The van der Waals surface area contributed by atoms with Crippen LogP contribution in [-0.4, -0.2) is 24.4 Å². The highest BCUT2D eigenvalue weighted by molar-refractivity contribution is 6.00. The zero-order valence-electron chi connectivity index (χ0n) is 9.11. The maximum Gasteiger partial charge on any atom is 0.305 e. The van der Waals surface area contributed by atoms with Gasteiger partial charge in [-0.1, -0.05) is 6.07 Å². The molecule has 0 aliphatic rings. The molecule has 0 heterocycles. The fourth-order valence-electron chi connectivity index (χ4n) is 1.38. The lowest BCUT2D eigenvalue weighted by atomic mass is 10.1. The molecule has 0 bridgehead atoms. The van der Waals surface area contributed by atoms with Gasteiger partial charge in [-0.05, 0) is 19.1 Å². The van der Waals surface area contributed by atoms with Gasteiger partial charge < -0.3 is 10.6 Å². The Hall–Kier alpha value is -2.11. The molecule has 6 heteroatoms. The Bertz CT molecular complexity index is 418. The van der Waals surface area contributed by atoms with Gasteiger partial charge in [0.15, 0.2) is 0 Å². The molecule has 0 radical (unpaired) electrons. The second kappa shape index (κ2) is 5.11. The molecule has 0 saturated heterocycles. The fraction of sp³-hybridized carbons (Fsp3) is 0.300. The van der Waals surface area contributed by atoms with E-state index in [2.05, 4.69) is 10.6 Å². The topological polar surface area (TPSA) is 84.3 Å². The van der Waals surface area contributed by atoms with Crippen LogP contribution in [0.1, 0.15) is 17.3 Å². The monoisotopic (exact) mass is 223 g/mol. The molecule has 0 unspecified atom stereocenters. The van der Waals surface area contributed by atoms with E-state index in [0.29, 0.717) is 12.2 Å². The third-order valence-corrected chi connectivity index (χ3v) is 2.07. The average molecular weight is 223 g/mol. The summed E-state index contributed by atoms with van der Waals surface area (Å²) in [5.74, 6) is -0.439. The summed E-state index contributed by atoms with van der Waals surface area (Å²) in [5, 5.41) is 16.1. The van der Waals surface area contributed by atoms with Crippen LogP contribution >= 0.6 is 0 Å². The van der Waals surface area contributed by atoms with Gasteiger partial charge in [-0.25, -0.2) is 0 Å². The lowest BCUT2D eigenvalue weighted by molar-refractivity contribution is -0.384. The van der Waals surface area contributed by atoms with Crippen molar-refractivity contribution in [1.29, 1.82) is 0 Å². The molecular weight excluding hydrogens is 210 g/mol. The number of nitro benzene ring substituents is 1. The van der Waals surface area contributed by atoms with Gasteiger partial charge in [-0.2, -0.15) is 0 Å². The first-order valence-corrected chi connectivity index (χ1v) is 4.85. The van der Waals surface area contributed by atoms with Gasteiger partial charge in [-0.15, -0.1) is 0 Å². The van der Waals surface area contributed by atoms with E-state index in [0.717, 1.165) is 0 Å². The fourth-order valence-corrected chi connectivity index (χ4v) is 1.38. The zero-order valence-corrected chi connectivity index (χ0v) is 9.11. The lowest BCUT2D eigenvalue weighted by Crippen LogP contribution is -2.23. The number of hydrogen-bond acceptors (Lipinski definition) is 4. The van der Waals surface area contributed by atoms with Crippen LogP contribution < -0.4 is 10.6 Å². The van der Waals surface area contributed by atoms with Crippen molar-refractivity contribution >= 4 is 17.3 Å².